The minimum atomic E-state index is -4.41. The molecule has 6 nitrogen and oxygen atoms in total. The summed E-state index contributed by atoms with van der Waals surface area (Å²) in [6, 6.07) is 9.93. The molecular weight excluding hydrogens is 371 g/mol. The third-order valence-corrected chi connectivity index (χ3v) is 4.22. The van der Waals surface area contributed by atoms with Gasteiger partial charge in [0.05, 0.1) is 21.7 Å². The normalized spacial score (nSPS) is 11.7. The molecule has 0 spiro atoms. The maximum Gasteiger partial charge on any atom is 0.416 e. The van der Waals surface area contributed by atoms with Crippen molar-refractivity contribution in [3.63, 3.8) is 0 Å². The van der Waals surface area contributed by atoms with Gasteiger partial charge in [0.25, 0.3) is 0 Å². The Bertz CT molecular complexity index is 920. The number of alkyl halides is 3. The van der Waals surface area contributed by atoms with Crippen molar-refractivity contribution >= 4 is 15.7 Å². The lowest BCUT2D eigenvalue weighted by atomic mass is 10.2. The standard InChI is InChI=1S/C16H14F3N3O3S/c17-16(18,19)12-1-3-13(4-2-12)25-8-7-22-15-6-5-14(26(21,23)24)9-11(15)10-20/h1-6,9,22H,7-8H2,(H2,21,23,24). The summed E-state index contributed by atoms with van der Waals surface area (Å²) in [5.74, 6) is 0.268. The fourth-order valence-corrected chi connectivity index (χ4v) is 2.58. The van der Waals surface area contributed by atoms with Crippen molar-refractivity contribution < 1.29 is 26.3 Å². The summed E-state index contributed by atoms with van der Waals surface area (Å²) in [6.07, 6.45) is -4.41. The minimum Gasteiger partial charge on any atom is -0.492 e. The number of nitrogens with two attached hydrogens (primary N) is 1. The lowest BCUT2D eigenvalue weighted by Gasteiger charge is -2.11. The molecule has 138 valence electrons. The van der Waals surface area contributed by atoms with Gasteiger partial charge in [-0.2, -0.15) is 18.4 Å². The van der Waals surface area contributed by atoms with Gasteiger partial charge in [0.1, 0.15) is 18.4 Å². The molecule has 0 aliphatic heterocycles. The molecule has 0 aromatic heterocycles. The van der Waals surface area contributed by atoms with Crippen molar-refractivity contribution in [2.75, 3.05) is 18.5 Å². The van der Waals surface area contributed by atoms with Crippen molar-refractivity contribution in [2.24, 2.45) is 5.14 Å². The van der Waals surface area contributed by atoms with Crippen molar-refractivity contribution in [1.82, 2.24) is 0 Å². The Balaban J connectivity index is 1.93. The molecule has 0 bridgehead atoms. The van der Waals surface area contributed by atoms with Crippen LogP contribution in [0.2, 0.25) is 0 Å². The molecule has 0 unspecified atom stereocenters. The van der Waals surface area contributed by atoms with E-state index < -0.39 is 21.8 Å². The Labute approximate surface area is 148 Å². The molecule has 0 radical (unpaired) electrons. The van der Waals surface area contributed by atoms with Gasteiger partial charge in [-0.25, -0.2) is 13.6 Å². The third-order valence-electron chi connectivity index (χ3n) is 3.31. The number of rotatable bonds is 6. The highest BCUT2D eigenvalue weighted by molar-refractivity contribution is 7.89. The molecule has 0 atom stereocenters. The van der Waals surface area contributed by atoms with Crippen LogP contribution in [0.4, 0.5) is 18.9 Å². The lowest BCUT2D eigenvalue weighted by molar-refractivity contribution is -0.137. The molecule has 0 saturated carbocycles. The Kier molecular flexibility index (Phi) is 5.74. The van der Waals surface area contributed by atoms with Gasteiger partial charge >= 0.3 is 6.18 Å². The van der Waals surface area contributed by atoms with E-state index in [0.29, 0.717) is 5.69 Å². The second-order valence-electron chi connectivity index (χ2n) is 5.16. The zero-order chi connectivity index (χ0) is 19.4. The zero-order valence-electron chi connectivity index (χ0n) is 13.2. The third kappa shape index (κ3) is 5.11. The van der Waals surface area contributed by atoms with E-state index in [1.807, 2.05) is 6.07 Å². The fourth-order valence-electron chi connectivity index (χ4n) is 2.04. The van der Waals surface area contributed by atoms with Gasteiger partial charge in [0.15, 0.2) is 0 Å². The first-order valence-electron chi connectivity index (χ1n) is 7.22. The number of benzene rings is 2. The van der Waals surface area contributed by atoms with Gasteiger partial charge in [-0.3, -0.25) is 0 Å². The second kappa shape index (κ2) is 7.63. The van der Waals surface area contributed by atoms with Crippen LogP contribution in [0.3, 0.4) is 0 Å². The molecule has 0 amide bonds. The number of sulfonamides is 1. The molecule has 0 heterocycles. The van der Waals surface area contributed by atoms with E-state index in [-0.39, 0.29) is 29.4 Å². The number of ether oxygens (including phenoxy) is 1. The maximum absolute atomic E-state index is 12.5. The summed E-state index contributed by atoms with van der Waals surface area (Å²) in [4.78, 5) is -0.180. The molecule has 26 heavy (non-hydrogen) atoms. The first-order valence-corrected chi connectivity index (χ1v) is 8.77. The highest BCUT2D eigenvalue weighted by atomic mass is 32.2. The highest BCUT2D eigenvalue weighted by Gasteiger charge is 2.29. The van der Waals surface area contributed by atoms with E-state index in [4.69, 9.17) is 15.1 Å². The Hall–Kier alpha value is -2.77. The topological polar surface area (TPSA) is 105 Å². The monoisotopic (exact) mass is 385 g/mol. The molecule has 0 fully saturated rings. The second-order valence-corrected chi connectivity index (χ2v) is 6.72. The fraction of sp³-hybridized carbons (Fsp3) is 0.188. The van der Waals surface area contributed by atoms with E-state index in [9.17, 15) is 21.6 Å². The van der Waals surface area contributed by atoms with E-state index in [1.54, 1.807) is 0 Å². The van der Waals surface area contributed by atoms with E-state index in [1.165, 1.54) is 24.3 Å². The van der Waals surface area contributed by atoms with Crippen molar-refractivity contribution in [2.45, 2.75) is 11.1 Å². The van der Waals surface area contributed by atoms with Crippen LogP contribution < -0.4 is 15.2 Å². The molecule has 0 saturated heterocycles. The smallest absolute Gasteiger partial charge is 0.416 e. The quantitative estimate of drug-likeness (QED) is 0.744. The van der Waals surface area contributed by atoms with E-state index >= 15 is 0 Å². The van der Waals surface area contributed by atoms with Gasteiger partial charge < -0.3 is 10.1 Å². The van der Waals surface area contributed by atoms with Gasteiger partial charge in [0.2, 0.25) is 10.0 Å². The number of nitriles is 1. The molecule has 2 rings (SSSR count). The number of halogens is 3. The molecule has 0 aliphatic rings. The van der Waals surface area contributed by atoms with E-state index in [0.717, 1.165) is 18.2 Å². The van der Waals surface area contributed by atoms with Gasteiger partial charge in [0, 0.05) is 6.54 Å². The number of hydrogen-bond acceptors (Lipinski definition) is 5. The number of hydrogen-bond donors (Lipinski definition) is 2. The van der Waals surface area contributed by atoms with E-state index in [2.05, 4.69) is 5.32 Å². The van der Waals surface area contributed by atoms with Crippen LogP contribution >= 0.6 is 0 Å². The van der Waals surface area contributed by atoms with Crippen LogP contribution in [0.25, 0.3) is 0 Å². The van der Waals surface area contributed by atoms with Crippen LogP contribution in [0.5, 0.6) is 5.75 Å². The van der Waals surface area contributed by atoms with Crippen LogP contribution in [0.15, 0.2) is 47.4 Å². The molecule has 2 aromatic carbocycles. The van der Waals surface area contributed by atoms with Crippen LogP contribution in [-0.4, -0.2) is 21.6 Å². The molecule has 3 N–H and O–H groups in total. The predicted octanol–water partition coefficient (Wildman–Crippen LogP) is 2.72. The molecule has 2 aromatic rings. The summed E-state index contributed by atoms with van der Waals surface area (Å²) in [7, 11) is -3.91. The summed E-state index contributed by atoms with van der Waals surface area (Å²) in [5, 5.41) is 17.0. The SMILES string of the molecule is N#Cc1cc(S(N)(=O)=O)ccc1NCCOc1ccc(C(F)(F)F)cc1. The number of anilines is 1. The zero-order valence-corrected chi connectivity index (χ0v) is 14.1. The van der Waals surface area contributed by atoms with Crippen LogP contribution in [0, 0.1) is 11.3 Å². The average molecular weight is 385 g/mol. The number of primary sulfonamides is 1. The summed E-state index contributed by atoms with van der Waals surface area (Å²) in [6.45, 7) is 0.359. The predicted molar refractivity (Wildman–Crippen MR) is 88.0 cm³/mol. The Morgan fingerprint density at radius 2 is 1.81 bits per heavy atom. The van der Waals surface area contributed by atoms with Crippen molar-refractivity contribution in [3.8, 4) is 11.8 Å². The number of nitrogens with zero attached hydrogens (tertiary/aromatic N) is 1. The van der Waals surface area contributed by atoms with Gasteiger partial charge in [-0.05, 0) is 42.5 Å². The molecule has 0 aliphatic carbocycles. The van der Waals surface area contributed by atoms with Crippen LogP contribution in [-0.2, 0) is 16.2 Å². The first-order chi connectivity index (χ1) is 12.1. The van der Waals surface area contributed by atoms with Crippen molar-refractivity contribution in [3.05, 3.63) is 53.6 Å². The molecular formula is C16H14F3N3O3S. The number of nitrogens with one attached hydrogen (secondary N) is 1. The maximum atomic E-state index is 12.5. The lowest BCUT2D eigenvalue weighted by Crippen LogP contribution is -2.14. The minimum absolute atomic E-state index is 0.0889. The summed E-state index contributed by atoms with van der Waals surface area (Å²) >= 11 is 0. The Morgan fingerprint density at radius 3 is 2.35 bits per heavy atom. The van der Waals surface area contributed by atoms with Crippen LogP contribution in [0.1, 0.15) is 11.1 Å². The Morgan fingerprint density at radius 1 is 1.15 bits per heavy atom. The first kappa shape index (κ1) is 19.6. The van der Waals surface area contributed by atoms with Crippen molar-refractivity contribution in [1.29, 1.82) is 5.26 Å². The molecule has 10 heteroatoms. The highest BCUT2D eigenvalue weighted by Crippen LogP contribution is 2.30. The largest absolute Gasteiger partial charge is 0.492 e. The average Bonchev–Trinajstić information content (AvgIpc) is 2.57. The van der Waals surface area contributed by atoms with Gasteiger partial charge in [-0.1, -0.05) is 0 Å². The summed E-state index contributed by atoms with van der Waals surface area (Å²) in [5.41, 5.74) is -0.293. The van der Waals surface area contributed by atoms with Gasteiger partial charge in [-0.15, -0.1) is 0 Å². The summed E-state index contributed by atoms with van der Waals surface area (Å²) < 4.78 is 65.3.